The predicted molar refractivity (Wildman–Crippen MR) is 106 cm³/mol. The van der Waals surface area contributed by atoms with Gasteiger partial charge in [-0.2, -0.15) is 0 Å². The summed E-state index contributed by atoms with van der Waals surface area (Å²) in [6.45, 7) is 6.51. The van der Waals surface area contributed by atoms with Gasteiger partial charge in [0.1, 0.15) is 0 Å². The summed E-state index contributed by atoms with van der Waals surface area (Å²) in [5, 5.41) is 12.4. The Morgan fingerprint density at radius 1 is 1.23 bits per heavy atom. The normalized spacial score (nSPS) is 30.2. The third-order valence-electron chi connectivity index (χ3n) is 5.59. The molecule has 2 fully saturated rings. The summed E-state index contributed by atoms with van der Waals surface area (Å²) >= 11 is 0. The highest BCUT2D eigenvalue weighted by Gasteiger charge is 2.40. The molecule has 2 bridgehead atoms. The van der Waals surface area contributed by atoms with Crippen LogP contribution in [0, 0.1) is 17.8 Å². The highest BCUT2D eigenvalue weighted by Crippen LogP contribution is 2.46. The molecule has 0 spiro atoms. The summed E-state index contributed by atoms with van der Waals surface area (Å²) in [7, 11) is 1.53. The molecule has 26 heavy (non-hydrogen) atoms. The number of nitrogens with one attached hydrogen (secondary N) is 1. The van der Waals surface area contributed by atoms with Gasteiger partial charge < -0.3 is 15.2 Å². The van der Waals surface area contributed by atoms with Crippen molar-refractivity contribution in [3.63, 3.8) is 0 Å². The molecule has 2 aliphatic rings. The Morgan fingerprint density at radius 2 is 1.88 bits per heavy atom. The SMILES string of the molecule is C/C=C/c1ccc(OC)c(O)c1.CC1CC2CC(C1)CC(C)(NC=O)C2. The number of carbonyl (C=O) groups is 1. The molecule has 2 aliphatic carbocycles. The molecule has 0 heterocycles. The van der Waals surface area contributed by atoms with Gasteiger partial charge in [-0.1, -0.05) is 25.1 Å². The van der Waals surface area contributed by atoms with Crippen molar-refractivity contribution in [3.8, 4) is 11.5 Å². The van der Waals surface area contributed by atoms with E-state index in [4.69, 9.17) is 4.74 Å². The molecule has 2 atom stereocenters. The van der Waals surface area contributed by atoms with Gasteiger partial charge in [0.2, 0.25) is 6.41 Å². The fourth-order valence-corrected chi connectivity index (χ4v) is 4.85. The molecule has 0 saturated heterocycles. The minimum atomic E-state index is 0.0927. The van der Waals surface area contributed by atoms with Gasteiger partial charge in [0.05, 0.1) is 7.11 Å². The van der Waals surface area contributed by atoms with E-state index in [-0.39, 0.29) is 11.3 Å². The third kappa shape index (κ3) is 5.52. The van der Waals surface area contributed by atoms with Gasteiger partial charge in [0.15, 0.2) is 11.5 Å². The quantitative estimate of drug-likeness (QED) is 0.761. The Kier molecular flexibility index (Phi) is 7.13. The van der Waals surface area contributed by atoms with Crippen molar-refractivity contribution in [3.05, 3.63) is 29.8 Å². The average molecular weight is 360 g/mol. The fraction of sp³-hybridized carbons (Fsp3) is 0.591. The summed E-state index contributed by atoms with van der Waals surface area (Å²) in [5.41, 5.74) is 1.06. The van der Waals surface area contributed by atoms with Crippen LogP contribution in [-0.4, -0.2) is 24.2 Å². The number of hydrogen-bond acceptors (Lipinski definition) is 3. The molecular weight excluding hydrogens is 326 g/mol. The van der Waals surface area contributed by atoms with Gasteiger partial charge >= 0.3 is 0 Å². The summed E-state index contributed by atoms with van der Waals surface area (Å²) in [6.07, 6.45) is 11.2. The smallest absolute Gasteiger partial charge is 0.207 e. The van der Waals surface area contributed by atoms with E-state index in [2.05, 4.69) is 19.2 Å². The van der Waals surface area contributed by atoms with E-state index in [1.54, 1.807) is 12.1 Å². The molecule has 144 valence electrons. The third-order valence-corrected chi connectivity index (χ3v) is 5.59. The van der Waals surface area contributed by atoms with Crippen molar-refractivity contribution in [1.82, 2.24) is 5.32 Å². The maximum Gasteiger partial charge on any atom is 0.207 e. The maximum absolute atomic E-state index is 10.6. The van der Waals surface area contributed by atoms with Crippen LogP contribution in [0.2, 0.25) is 0 Å². The summed E-state index contributed by atoms with van der Waals surface area (Å²) < 4.78 is 4.90. The molecule has 4 nitrogen and oxygen atoms in total. The van der Waals surface area contributed by atoms with Crippen LogP contribution in [0.25, 0.3) is 6.08 Å². The second kappa shape index (κ2) is 9.11. The standard InChI is InChI=1S/C12H21NO.C10H12O2/c1-9-3-10-5-11(4-9)7-12(2,6-10)13-8-14;1-3-4-8-5-6-10(12-2)9(11)7-8/h8-11H,3-7H2,1-2H3,(H,13,14);3-7,11H,1-2H3/b;4-3+. The van der Waals surface area contributed by atoms with Crippen LogP contribution < -0.4 is 10.1 Å². The Hall–Kier alpha value is -1.97. The van der Waals surface area contributed by atoms with Gasteiger partial charge in [-0.3, -0.25) is 4.79 Å². The van der Waals surface area contributed by atoms with Crippen molar-refractivity contribution < 1.29 is 14.6 Å². The second-order valence-electron chi connectivity index (χ2n) is 8.21. The van der Waals surface area contributed by atoms with Crippen molar-refractivity contribution in [1.29, 1.82) is 0 Å². The zero-order chi connectivity index (χ0) is 19.2. The number of ether oxygens (including phenoxy) is 1. The number of aromatic hydroxyl groups is 1. The van der Waals surface area contributed by atoms with Gasteiger partial charge in [0, 0.05) is 5.54 Å². The van der Waals surface area contributed by atoms with Crippen LogP contribution in [-0.2, 0) is 4.79 Å². The number of benzene rings is 1. The van der Waals surface area contributed by atoms with Crippen LogP contribution >= 0.6 is 0 Å². The molecule has 1 aromatic carbocycles. The zero-order valence-electron chi connectivity index (χ0n) is 16.5. The lowest BCUT2D eigenvalue weighted by molar-refractivity contribution is -0.112. The van der Waals surface area contributed by atoms with Crippen LogP contribution in [0.3, 0.4) is 0 Å². The number of fused-ring (bicyclic) bond motifs is 2. The molecule has 2 saturated carbocycles. The Morgan fingerprint density at radius 3 is 2.38 bits per heavy atom. The van der Waals surface area contributed by atoms with Crippen LogP contribution in [0.5, 0.6) is 11.5 Å². The van der Waals surface area contributed by atoms with Crippen LogP contribution in [0.4, 0.5) is 0 Å². The monoisotopic (exact) mass is 359 g/mol. The van der Waals surface area contributed by atoms with Crippen LogP contribution in [0.1, 0.15) is 58.4 Å². The summed E-state index contributed by atoms with van der Waals surface area (Å²) in [5.74, 6) is 3.29. The molecule has 0 aromatic heterocycles. The van der Waals surface area contributed by atoms with E-state index in [0.29, 0.717) is 5.75 Å². The second-order valence-corrected chi connectivity index (χ2v) is 8.21. The number of methoxy groups -OCH3 is 1. The van der Waals surface area contributed by atoms with Gasteiger partial charge in [0.25, 0.3) is 0 Å². The van der Waals surface area contributed by atoms with Crippen LogP contribution in [0.15, 0.2) is 24.3 Å². The predicted octanol–water partition coefficient (Wildman–Crippen LogP) is 4.77. The Balaban J connectivity index is 0.000000190. The highest BCUT2D eigenvalue weighted by molar-refractivity contribution is 5.55. The lowest BCUT2D eigenvalue weighted by Gasteiger charge is -2.47. The first kappa shape index (κ1) is 20.3. The molecule has 1 amide bonds. The van der Waals surface area contributed by atoms with E-state index in [0.717, 1.165) is 29.7 Å². The number of amides is 1. The van der Waals surface area contributed by atoms with E-state index >= 15 is 0 Å². The summed E-state index contributed by atoms with van der Waals surface area (Å²) in [4.78, 5) is 10.6. The topological polar surface area (TPSA) is 58.6 Å². The number of carbonyl (C=O) groups excluding carboxylic acids is 1. The first-order valence-corrected chi connectivity index (χ1v) is 9.60. The molecule has 1 aromatic rings. The van der Waals surface area contributed by atoms with Gasteiger partial charge in [-0.05, 0) is 81.4 Å². The van der Waals surface area contributed by atoms with Crippen molar-refractivity contribution >= 4 is 12.5 Å². The largest absolute Gasteiger partial charge is 0.504 e. The van der Waals surface area contributed by atoms with Crippen molar-refractivity contribution in [2.24, 2.45) is 17.8 Å². The zero-order valence-corrected chi connectivity index (χ0v) is 16.5. The lowest BCUT2D eigenvalue weighted by atomic mass is 9.63. The number of rotatable bonds is 4. The average Bonchev–Trinajstić information content (AvgIpc) is 2.54. The molecule has 2 unspecified atom stereocenters. The first-order chi connectivity index (χ1) is 12.4. The molecular formula is C22H33NO3. The molecule has 4 heteroatoms. The van der Waals surface area contributed by atoms with E-state index < -0.39 is 0 Å². The van der Waals surface area contributed by atoms with E-state index in [9.17, 15) is 9.90 Å². The Bertz CT molecular complexity index is 608. The van der Waals surface area contributed by atoms with Crippen molar-refractivity contribution in [2.75, 3.05) is 7.11 Å². The van der Waals surface area contributed by atoms with Crippen molar-refractivity contribution in [2.45, 2.75) is 58.4 Å². The van der Waals surface area contributed by atoms with Gasteiger partial charge in [-0.25, -0.2) is 0 Å². The lowest BCUT2D eigenvalue weighted by Crippen LogP contribution is -2.49. The minimum absolute atomic E-state index is 0.0927. The number of hydrogen-bond donors (Lipinski definition) is 2. The molecule has 3 rings (SSSR count). The minimum Gasteiger partial charge on any atom is -0.504 e. The molecule has 2 N–H and O–H groups in total. The number of phenols is 1. The first-order valence-electron chi connectivity index (χ1n) is 9.60. The van der Waals surface area contributed by atoms with Gasteiger partial charge in [-0.15, -0.1) is 0 Å². The van der Waals surface area contributed by atoms with E-state index in [1.807, 2.05) is 25.1 Å². The maximum atomic E-state index is 10.6. The number of allylic oxidation sites excluding steroid dienone is 1. The van der Waals surface area contributed by atoms with E-state index in [1.165, 1.54) is 39.2 Å². The number of phenolic OH excluding ortho intramolecular Hbond substituents is 1. The molecule has 0 radical (unpaired) electrons. The Labute approximate surface area is 157 Å². The fourth-order valence-electron chi connectivity index (χ4n) is 4.85. The highest BCUT2D eigenvalue weighted by atomic mass is 16.5. The molecule has 0 aliphatic heterocycles. The summed E-state index contributed by atoms with van der Waals surface area (Å²) in [6, 6.07) is 5.29.